The first-order valence-electron chi connectivity index (χ1n) is 4.91. The predicted octanol–water partition coefficient (Wildman–Crippen LogP) is 0.508. The Hall–Kier alpha value is -2.57. The highest BCUT2D eigenvalue weighted by Gasteiger charge is 2.10. The van der Waals surface area contributed by atoms with Crippen LogP contribution in [-0.2, 0) is 0 Å². The zero-order chi connectivity index (χ0) is 12.0. The van der Waals surface area contributed by atoms with Crippen LogP contribution in [0.2, 0.25) is 0 Å². The molecule has 0 aromatic carbocycles. The van der Waals surface area contributed by atoms with Crippen molar-refractivity contribution in [3.63, 3.8) is 0 Å². The van der Waals surface area contributed by atoms with Gasteiger partial charge in [-0.1, -0.05) is 0 Å². The van der Waals surface area contributed by atoms with Crippen LogP contribution >= 0.6 is 0 Å². The monoisotopic (exact) mass is 232 g/mol. The third-order valence-corrected chi connectivity index (χ3v) is 2.39. The van der Waals surface area contributed by atoms with Crippen molar-refractivity contribution in [1.82, 2.24) is 19.9 Å². The van der Waals surface area contributed by atoms with Gasteiger partial charge in [0.05, 0.1) is 5.56 Å². The molecule has 3 aromatic rings. The second-order valence-corrected chi connectivity index (χ2v) is 3.66. The fourth-order valence-corrected chi connectivity index (χ4v) is 1.64. The van der Waals surface area contributed by atoms with Crippen LogP contribution in [-0.4, -0.2) is 19.9 Å². The molecule has 0 amide bonds. The summed E-state index contributed by atoms with van der Waals surface area (Å²) in [5, 5.41) is 0. The molecule has 0 aliphatic carbocycles. The van der Waals surface area contributed by atoms with E-state index in [0.717, 1.165) is 11.3 Å². The summed E-state index contributed by atoms with van der Waals surface area (Å²) in [6.45, 7) is 1.81. The highest BCUT2D eigenvalue weighted by molar-refractivity contribution is 5.74. The van der Waals surface area contributed by atoms with Gasteiger partial charge in [-0.15, -0.1) is 0 Å². The summed E-state index contributed by atoms with van der Waals surface area (Å²) in [5.74, 6) is 1.21. The summed E-state index contributed by atoms with van der Waals surface area (Å²) in [6.07, 6.45) is 1.53. The van der Waals surface area contributed by atoms with E-state index in [-0.39, 0.29) is 11.2 Å². The van der Waals surface area contributed by atoms with Crippen molar-refractivity contribution in [2.24, 2.45) is 0 Å². The highest BCUT2D eigenvalue weighted by atomic mass is 16.3. The molecule has 0 unspecified atom stereocenters. The average Bonchev–Trinajstić information content (AvgIpc) is 2.83. The topological polar surface area (TPSA) is 108 Å². The maximum atomic E-state index is 11.5. The van der Waals surface area contributed by atoms with Crippen LogP contribution in [0.5, 0.6) is 0 Å². The van der Waals surface area contributed by atoms with Gasteiger partial charge < -0.3 is 9.40 Å². The van der Waals surface area contributed by atoms with Crippen molar-refractivity contribution in [3.8, 4) is 11.4 Å². The molecule has 0 bridgehead atoms. The molecule has 0 radical (unpaired) electrons. The Bertz CT molecular complexity index is 805. The van der Waals surface area contributed by atoms with E-state index < -0.39 is 11.2 Å². The van der Waals surface area contributed by atoms with Gasteiger partial charge in [0.25, 0.3) is 5.56 Å². The molecule has 0 saturated heterocycles. The number of aryl methyl sites for hydroxylation is 1. The SMILES string of the molecule is Cc1cc(-c2nc3[nH]c(=O)[nH]c(=O)c3[nH]2)co1. The van der Waals surface area contributed by atoms with Crippen molar-refractivity contribution in [3.05, 3.63) is 38.9 Å². The number of hydrogen-bond acceptors (Lipinski definition) is 4. The average molecular weight is 232 g/mol. The number of aromatic amines is 3. The molecule has 0 aliphatic rings. The normalized spacial score (nSPS) is 11.1. The van der Waals surface area contributed by atoms with E-state index in [2.05, 4.69) is 19.9 Å². The minimum absolute atomic E-state index is 0.229. The van der Waals surface area contributed by atoms with Gasteiger partial charge in [0.2, 0.25) is 0 Å². The standard InChI is InChI=1S/C10H8N4O3/c1-4-2-5(3-17-4)7-11-6-8(12-7)13-10(16)14-9(6)15/h2-3H,1H3,(H3,11,12,13,14,15,16). The van der Waals surface area contributed by atoms with E-state index in [0.29, 0.717) is 5.82 Å². The molecular weight excluding hydrogens is 224 g/mol. The fraction of sp³-hybridized carbons (Fsp3) is 0.100. The van der Waals surface area contributed by atoms with E-state index in [1.165, 1.54) is 6.26 Å². The van der Waals surface area contributed by atoms with Crippen LogP contribution in [0.25, 0.3) is 22.6 Å². The smallest absolute Gasteiger partial charge is 0.327 e. The van der Waals surface area contributed by atoms with Gasteiger partial charge in [-0.2, -0.15) is 0 Å². The quantitative estimate of drug-likeness (QED) is 0.568. The minimum atomic E-state index is -0.580. The Balaban J connectivity index is 2.30. The number of rotatable bonds is 1. The molecule has 3 heterocycles. The van der Waals surface area contributed by atoms with Crippen molar-refractivity contribution in [2.75, 3.05) is 0 Å². The fourth-order valence-electron chi connectivity index (χ4n) is 1.64. The summed E-state index contributed by atoms with van der Waals surface area (Å²) in [5.41, 5.74) is 0.108. The van der Waals surface area contributed by atoms with Crippen LogP contribution in [0.3, 0.4) is 0 Å². The lowest BCUT2D eigenvalue weighted by atomic mass is 10.3. The number of nitrogens with zero attached hydrogens (tertiary/aromatic N) is 1. The Kier molecular flexibility index (Phi) is 1.82. The molecule has 3 N–H and O–H groups in total. The molecule has 3 aromatic heterocycles. The Morgan fingerprint density at radius 2 is 2.06 bits per heavy atom. The van der Waals surface area contributed by atoms with Crippen LogP contribution in [0.4, 0.5) is 0 Å². The van der Waals surface area contributed by atoms with Gasteiger partial charge in [0.15, 0.2) is 5.65 Å². The largest absolute Gasteiger partial charge is 0.469 e. The lowest BCUT2D eigenvalue weighted by molar-refractivity contribution is 0.534. The summed E-state index contributed by atoms with van der Waals surface area (Å²) >= 11 is 0. The molecule has 7 heteroatoms. The number of hydrogen-bond donors (Lipinski definition) is 3. The van der Waals surface area contributed by atoms with E-state index in [9.17, 15) is 9.59 Å². The van der Waals surface area contributed by atoms with Gasteiger partial charge >= 0.3 is 5.69 Å². The van der Waals surface area contributed by atoms with E-state index >= 15 is 0 Å². The van der Waals surface area contributed by atoms with Crippen LogP contribution in [0.1, 0.15) is 5.76 Å². The molecular formula is C10H8N4O3. The first kappa shape index (κ1) is 9.64. The predicted molar refractivity (Wildman–Crippen MR) is 59.8 cm³/mol. The molecule has 17 heavy (non-hydrogen) atoms. The number of fused-ring (bicyclic) bond motifs is 1. The van der Waals surface area contributed by atoms with E-state index in [4.69, 9.17) is 4.42 Å². The number of nitrogens with one attached hydrogen (secondary N) is 3. The lowest BCUT2D eigenvalue weighted by Crippen LogP contribution is -2.21. The number of H-pyrrole nitrogens is 3. The van der Waals surface area contributed by atoms with Crippen molar-refractivity contribution in [2.45, 2.75) is 6.92 Å². The summed E-state index contributed by atoms with van der Waals surface area (Å²) < 4.78 is 5.15. The number of imidazole rings is 1. The van der Waals surface area contributed by atoms with Crippen LogP contribution in [0.15, 0.2) is 26.3 Å². The molecule has 0 spiro atoms. The molecule has 0 saturated carbocycles. The Morgan fingerprint density at radius 1 is 1.24 bits per heavy atom. The maximum absolute atomic E-state index is 11.5. The molecule has 86 valence electrons. The second-order valence-electron chi connectivity index (χ2n) is 3.66. The van der Waals surface area contributed by atoms with Gasteiger partial charge in [-0.05, 0) is 13.0 Å². The van der Waals surface area contributed by atoms with Crippen LogP contribution in [0, 0.1) is 6.92 Å². The summed E-state index contributed by atoms with van der Waals surface area (Å²) in [7, 11) is 0. The Morgan fingerprint density at radius 3 is 2.76 bits per heavy atom. The van der Waals surface area contributed by atoms with Crippen LogP contribution < -0.4 is 11.2 Å². The summed E-state index contributed by atoms with van der Waals surface area (Å²) in [6, 6.07) is 1.78. The molecule has 0 aliphatic heterocycles. The molecule has 0 atom stereocenters. The molecule has 7 nitrogen and oxygen atoms in total. The zero-order valence-corrected chi connectivity index (χ0v) is 8.83. The van der Waals surface area contributed by atoms with E-state index in [1.54, 1.807) is 13.0 Å². The zero-order valence-electron chi connectivity index (χ0n) is 8.83. The van der Waals surface area contributed by atoms with Crippen molar-refractivity contribution in [1.29, 1.82) is 0 Å². The van der Waals surface area contributed by atoms with Crippen molar-refractivity contribution < 1.29 is 4.42 Å². The first-order valence-corrected chi connectivity index (χ1v) is 4.91. The Labute approximate surface area is 93.5 Å². The van der Waals surface area contributed by atoms with Gasteiger partial charge in [0.1, 0.15) is 23.4 Å². The summed E-state index contributed by atoms with van der Waals surface area (Å²) in [4.78, 5) is 34.1. The second kappa shape index (κ2) is 3.21. The van der Waals surface area contributed by atoms with Gasteiger partial charge in [-0.3, -0.25) is 14.8 Å². The molecule has 0 fully saturated rings. The lowest BCUT2D eigenvalue weighted by Gasteiger charge is -1.84. The third kappa shape index (κ3) is 1.48. The first-order chi connectivity index (χ1) is 8.13. The maximum Gasteiger partial charge on any atom is 0.327 e. The third-order valence-electron chi connectivity index (χ3n) is 2.39. The molecule has 3 rings (SSSR count). The van der Waals surface area contributed by atoms with Gasteiger partial charge in [-0.25, -0.2) is 9.78 Å². The van der Waals surface area contributed by atoms with Crippen molar-refractivity contribution >= 4 is 11.2 Å². The number of aromatic nitrogens is 4. The minimum Gasteiger partial charge on any atom is -0.469 e. The van der Waals surface area contributed by atoms with E-state index in [1.807, 2.05) is 0 Å². The highest BCUT2D eigenvalue weighted by Crippen LogP contribution is 2.19. The number of furan rings is 1. The van der Waals surface area contributed by atoms with Gasteiger partial charge in [0, 0.05) is 0 Å².